The van der Waals surface area contributed by atoms with Gasteiger partial charge in [-0.05, 0) is 61.3 Å². The summed E-state index contributed by atoms with van der Waals surface area (Å²) in [4.78, 5) is 3.36. The number of H-pyrrole nitrogens is 1. The molecule has 1 aliphatic carbocycles. The van der Waals surface area contributed by atoms with Gasteiger partial charge in [0.2, 0.25) is 0 Å². The average molecular weight is 383 g/mol. The van der Waals surface area contributed by atoms with Crippen LogP contribution in [-0.4, -0.2) is 16.7 Å². The molecule has 1 aromatic carbocycles. The van der Waals surface area contributed by atoms with Gasteiger partial charge in [0.15, 0.2) is 0 Å². The first-order valence-corrected chi connectivity index (χ1v) is 9.92. The Hall–Kier alpha value is -3.53. The first-order valence-electron chi connectivity index (χ1n) is 9.92. The first-order chi connectivity index (χ1) is 14.1. The highest BCUT2D eigenvalue weighted by Crippen LogP contribution is 2.21. The summed E-state index contributed by atoms with van der Waals surface area (Å²) in [6, 6.07) is 7.87. The maximum atomic E-state index is 8.83. The molecule has 0 radical (unpaired) electrons. The van der Waals surface area contributed by atoms with Crippen molar-refractivity contribution in [3.8, 4) is 0 Å². The zero-order valence-electron chi connectivity index (χ0n) is 16.6. The zero-order chi connectivity index (χ0) is 20.2. The van der Waals surface area contributed by atoms with Gasteiger partial charge < -0.3 is 21.0 Å². The topological polar surface area (TPSA) is 63.7 Å². The van der Waals surface area contributed by atoms with Crippen LogP contribution in [0.2, 0.25) is 0 Å². The summed E-state index contributed by atoms with van der Waals surface area (Å²) in [5.74, 6) is 0. The number of rotatable bonds is 6. The number of aromatic amines is 1. The predicted octanol–water partition coefficient (Wildman–Crippen LogP) is 3.75. The maximum absolute atomic E-state index is 8.83. The predicted molar refractivity (Wildman–Crippen MR) is 123 cm³/mol. The summed E-state index contributed by atoms with van der Waals surface area (Å²) in [5.41, 5.74) is 5.44. The van der Waals surface area contributed by atoms with Crippen molar-refractivity contribution in [1.29, 1.82) is 5.41 Å². The van der Waals surface area contributed by atoms with Gasteiger partial charge in [-0.25, -0.2) is 0 Å². The second-order valence-electron chi connectivity index (χ2n) is 7.40. The molecular formula is C25H26N4. The lowest BCUT2D eigenvalue weighted by molar-refractivity contribution is 1.09. The van der Waals surface area contributed by atoms with Gasteiger partial charge in [-0.15, -0.1) is 0 Å². The number of dihydropyridines is 1. The molecule has 2 aliphatic rings. The van der Waals surface area contributed by atoms with E-state index in [2.05, 4.69) is 53.4 Å². The average Bonchev–Trinajstić information content (AvgIpc) is 3.16. The number of aromatic nitrogens is 1. The third kappa shape index (κ3) is 4.16. The number of benzene rings is 1. The number of fused-ring (bicyclic) bond motifs is 1. The van der Waals surface area contributed by atoms with Crippen LogP contribution in [0.3, 0.4) is 0 Å². The monoisotopic (exact) mass is 382 g/mol. The van der Waals surface area contributed by atoms with Gasteiger partial charge in [0, 0.05) is 39.9 Å². The van der Waals surface area contributed by atoms with E-state index in [9.17, 15) is 0 Å². The highest BCUT2D eigenvalue weighted by atomic mass is 14.9. The molecule has 0 spiro atoms. The van der Waals surface area contributed by atoms with Crippen LogP contribution in [0.15, 0.2) is 73.2 Å². The Balaban J connectivity index is 1.70. The van der Waals surface area contributed by atoms with Crippen LogP contribution in [-0.2, 0) is 0 Å². The Bertz CT molecular complexity index is 1160. The first kappa shape index (κ1) is 18.8. The molecule has 1 aliphatic heterocycles. The van der Waals surface area contributed by atoms with Crippen LogP contribution >= 0.6 is 0 Å². The van der Waals surface area contributed by atoms with Crippen molar-refractivity contribution in [2.75, 3.05) is 5.32 Å². The Morgan fingerprint density at radius 1 is 1.24 bits per heavy atom. The third-order valence-corrected chi connectivity index (χ3v) is 5.19. The summed E-state index contributed by atoms with van der Waals surface area (Å²) >= 11 is 0. The van der Waals surface area contributed by atoms with Gasteiger partial charge >= 0.3 is 0 Å². The van der Waals surface area contributed by atoms with Gasteiger partial charge in [-0.1, -0.05) is 36.9 Å². The Kier molecular flexibility index (Phi) is 5.34. The molecule has 0 bridgehead atoms. The summed E-state index contributed by atoms with van der Waals surface area (Å²) in [7, 11) is 0. The van der Waals surface area contributed by atoms with E-state index >= 15 is 0 Å². The van der Waals surface area contributed by atoms with Crippen LogP contribution in [0, 0.1) is 12.3 Å². The van der Waals surface area contributed by atoms with Gasteiger partial charge in [-0.2, -0.15) is 0 Å². The molecule has 2 heterocycles. The van der Waals surface area contributed by atoms with Crippen LogP contribution < -0.4 is 21.2 Å². The van der Waals surface area contributed by atoms with Crippen LogP contribution in [0.1, 0.15) is 24.0 Å². The lowest BCUT2D eigenvalue weighted by Gasteiger charge is -2.23. The minimum Gasteiger partial charge on any atom is -0.373 e. The second kappa shape index (κ2) is 8.23. The molecule has 4 nitrogen and oxygen atoms in total. The third-order valence-electron chi connectivity index (χ3n) is 5.19. The lowest BCUT2D eigenvalue weighted by atomic mass is 9.95. The number of anilines is 1. The molecule has 1 atom stereocenters. The molecular weight excluding hydrogens is 356 g/mol. The van der Waals surface area contributed by atoms with Crippen molar-refractivity contribution in [3.05, 3.63) is 94.9 Å². The van der Waals surface area contributed by atoms with E-state index in [0.29, 0.717) is 5.71 Å². The molecule has 4 N–H and O–H groups in total. The maximum Gasteiger partial charge on any atom is 0.0934 e. The normalized spacial score (nSPS) is 16.9. The van der Waals surface area contributed by atoms with E-state index in [0.717, 1.165) is 40.7 Å². The lowest BCUT2D eigenvalue weighted by Crippen LogP contribution is -2.33. The molecule has 1 unspecified atom stereocenters. The minimum atomic E-state index is -0.347. The molecule has 146 valence electrons. The van der Waals surface area contributed by atoms with E-state index in [1.165, 1.54) is 10.8 Å². The summed E-state index contributed by atoms with van der Waals surface area (Å²) in [5, 5.41) is 17.9. The fourth-order valence-electron chi connectivity index (χ4n) is 3.72. The van der Waals surface area contributed by atoms with Crippen LogP contribution in [0.4, 0.5) is 5.69 Å². The second-order valence-corrected chi connectivity index (χ2v) is 7.40. The van der Waals surface area contributed by atoms with E-state index in [4.69, 9.17) is 5.41 Å². The number of hydrogen-bond acceptors (Lipinski definition) is 3. The van der Waals surface area contributed by atoms with Crippen LogP contribution in [0.25, 0.3) is 17.7 Å². The highest BCUT2D eigenvalue weighted by molar-refractivity contribution is 6.07. The summed E-state index contributed by atoms with van der Waals surface area (Å²) < 4.78 is 0. The standard InChI is InChI=1S/C25H26N4/c1-17-8-7-10-20(14-17)29-25(23(26)15-19-9-5-6-13-27-19)18(2)22-16-28-24-12-4-3-11-21(22)24/h5-16,25-29H,2-4H2,1H3/b19-15-,26-23?. The van der Waals surface area contributed by atoms with Crippen molar-refractivity contribution in [2.24, 2.45) is 0 Å². The number of hydrogen-bond donors (Lipinski definition) is 4. The van der Waals surface area contributed by atoms with Crippen molar-refractivity contribution in [3.63, 3.8) is 0 Å². The molecule has 1 aromatic heterocycles. The zero-order valence-corrected chi connectivity index (χ0v) is 16.6. The van der Waals surface area contributed by atoms with E-state index in [-0.39, 0.29) is 6.04 Å². The fourth-order valence-corrected chi connectivity index (χ4v) is 3.72. The van der Waals surface area contributed by atoms with Crippen LogP contribution in [0.5, 0.6) is 0 Å². The molecule has 4 heteroatoms. The molecule has 0 saturated heterocycles. The van der Waals surface area contributed by atoms with Gasteiger partial charge in [0.05, 0.1) is 11.8 Å². The Morgan fingerprint density at radius 3 is 2.90 bits per heavy atom. The van der Waals surface area contributed by atoms with Crippen molar-refractivity contribution >= 4 is 29.1 Å². The number of aryl methyl sites for hydroxylation is 1. The van der Waals surface area contributed by atoms with Crippen molar-refractivity contribution in [2.45, 2.75) is 25.8 Å². The molecule has 2 aromatic rings. The van der Waals surface area contributed by atoms with Crippen molar-refractivity contribution in [1.82, 2.24) is 10.3 Å². The molecule has 0 fully saturated rings. The number of nitrogens with one attached hydrogen (secondary N) is 4. The quantitative estimate of drug-likeness (QED) is 0.575. The Labute approximate surface area is 171 Å². The number of allylic oxidation sites excluding steroid dienone is 3. The Morgan fingerprint density at radius 2 is 2.10 bits per heavy atom. The van der Waals surface area contributed by atoms with E-state index < -0.39 is 0 Å². The smallest absolute Gasteiger partial charge is 0.0934 e. The fraction of sp³-hybridized carbons (Fsp3) is 0.160. The molecule has 4 rings (SSSR count). The summed E-state index contributed by atoms with van der Waals surface area (Å²) in [6.07, 6.45) is 18.2. The SMILES string of the molecule is C=C(c1c[nH]c2c1=CCCC=2)C(Nc1cccc(C)c1)C(=N)/C=C1/C=CC=CN1. The molecule has 0 saturated carbocycles. The highest BCUT2D eigenvalue weighted by Gasteiger charge is 2.21. The molecule has 29 heavy (non-hydrogen) atoms. The largest absolute Gasteiger partial charge is 0.373 e. The molecule has 0 amide bonds. The van der Waals surface area contributed by atoms with Gasteiger partial charge in [0.25, 0.3) is 0 Å². The summed E-state index contributed by atoms with van der Waals surface area (Å²) in [6.45, 7) is 6.47. The van der Waals surface area contributed by atoms with E-state index in [1.807, 2.05) is 48.8 Å². The van der Waals surface area contributed by atoms with Gasteiger partial charge in [-0.3, -0.25) is 0 Å². The van der Waals surface area contributed by atoms with Crippen molar-refractivity contribution < 1.29 is 0 Å². The minimum absolute atomic E-state index is 0.347. The van der Waals surface area contributed by atoms with E-state index in [1.54, 1.807) is 0 Å². The van der Waals surface area contributed by atoms with Gasteiger partial charge in [0.1, 0.15) is 0 Å².